The van der Waals surface area contributed by atoms with Crippen LogP contribution in [0.2, 0.25) is 5.02 Å². The Morgan fingerprint density at radius 1 is 1.15 bits per heavy atom. The zero-order valence-corrected chi connectivity index (χ0v) is 26.4. The van der Waals surface area contributed by atoms with Gasteiger partial charge in [-0.2, -0.15) is 9.97 Å². The number of ether oxygens (including phenoxy) is 2. The molecule has 1 spiro atoms. The number of rotatable bonds is 3. The van der Waals surface area contributed by atoms with Crippen molar-refractivity contribution in [2.24, 2.45) is 11.3 Å². The van der Waals surface area contributed by atoms with Crippen LogP contribution in [-0.4, -0.2) is 93.4 Å². The lowest BCUT2D eigenvalue weighted by molar-refractivity contribution is -0.168. The van der Waals surface area contributed by atoms with Crippen LogP contribution in [0.1, 0.15) is 62.8 Å². The maximum Gasteiger partial charge on any atom is 0.319 e. The average Bonchev–Trinajstić information content (AvgIpc) is 3.53. The van der Waals surface area contributed by atoms with Crippen molar-refractivity contribution in [2.75, 3.05) is 50.9 Å². The number of hydrogen-bond acceptors (Lipinski definition) is 9. The van der Waals surface area contributed by atoms with Gasteiger partial charge in [0.1, 0.15) is 35.6 Å². The van der Waals surface area contributed by atoms with Gasteiger partial charge in [0.15, 0.2) is 5.82 Å². The minimum Gasteiger partial charge on any atom is -0.508 e. The Labute approximate surface area is 270 Å². The van der Waals surface area contributed by atoms with Crippen molar-refractivity contribution in [3.8, 4) is 23.0 Å². The highest BCUT2D eigenvalue weighted by atomic mass is 35.5. The molecule has 9 nitrogen and oxygen atoms in total. The molecule has 6 aliphatic heterocycles. The molecule has 46 heavy (non-hydrogen) atoms. The molecule has 2 saturated carbocycles. The molecule has 0 radical (unpaired) electrons. The third-order valence-electron chi connectivity index (χ3n) is 11.6. The number of phenols is 1. The van der Waals surface area contributed by atoms with Crippen molar-refractivity contribution in [2.45, 2.75) is 74.6 Å². The molecule has 7 bridgehead atoms. The number of aliphatic hydroxyl groups is 1. The van der Waals surface area contributed by atoms with E-state index in [0.717, 1.165) is 44.2 Å². The van der Waals surface area contributed by atoms with Gasteiger partial charge in [-0.25, -0.2) is 8.78 Å². The van der Waals surface area contributed by atoms with Crippen LogP contribution in [0.3, 0.4) is 0 Å². The summed E-state index contributed by atoms with van der Waals surface area (Å²) in [6.07, 6.45) is 6.87. The van der Waals surface area contributed by atoms with Crippen molar-refractivity contribution >= 4 is 28.3 Å². The third-order valence-corrected chi connectivity index (χ3v) is 11.9. The zero-order chi connectivity index (χ0) is 31.4. The zero-order valence-electron chi connectivity index (χ0n) is 25.7. The molecule has 4 atom stereocenters. The largest absolute Gasteiger partial charge is 0.508 e. The molecule has 12 heteroatoms. The van der Waals surface area contributed by atoms with Gasteiger partial charge in [-0.1, -0.05) is 11.6 Å². The lowest BCUT2D eigenvalue weighted by atomic mass is 9.56. The summed E-state index contributed by atoms with van der Waals surface area (Å²) in [5.41, 5.74) is -0.116. The molecular formula is C34H38ClF2N5O4. The maximum absolute atomic E-state index is 16.9. The van der Waals surface area contributed by atoms with Crippen LogP contribution >= 0.6 is 11.6 Å². The lowest BCUT2D eigenvalue weighted by Crippen LogP contribution is -2.60. The lowest BCUT2D eigenvalue weighted by Gasteiger charge is -2.57. The van der Waals surface area contributed by atoms with Gasteiger partial charge in [-0.05, 0) is 86.4 Å². The van der Waals surface area contributed by atoms with E-state index in [4.69, 9.17) is 26.1 Å². The molecule has 3 saturated heterocycles. The first-order chi connectivity index (χ1) is 22.1. The number of phenolic OH excluding ortho intramolecular Hbond substituents is 1. The summed E-state index contributed by atoms with van der Waals surface area (Å²) in [7, 11) is 0. The SMILES string of the molecule is Oc1cc(Cl)c2c(c1)-c1ncc3c(nc(OCC45CCCN4C[C@H](F)C5)nc3c1F)N1CCCC3(C1)CC(O)(COC[C@H]1C[C@@H]21)C3. The van der Waals surface area contributed by atoms with Gasteiger partial charge < -0.3 is 24.6 Å². The van der Waals surface area contributed by atoms with Crippen LogP contribution in [0.25, 0.3) is 22.2 Å². The molecule has 244 valence electrons. The molecule has 3 aromatic rings. The Bertz CT molecular complexity index is 1740. The average molecular weight is 654 g/mol. The van der Waals surface area contributed by atoms with E-state index >= 15 is 4.39 Å². The van der Waals surface area contributed by atoms with Crippen LogP contribution in [0.4, 0.5) is 14.6 Å². The molecular weight excluding hydrogens is 616 g/mol. The number of halogens is 3. The maximum atomic E-state index is 16.9. The van der Waals surface area contributed by atoms with Crippen molar-refractivity contribution in [1.29, 1.82) is 0 Å². The van der Waals surface area contributed by atoms with E-state index in [-0.39, 0.29) is 53.4 Å². The van der Waals surface area contributed by atoms with Crippen LogP contribution in [0, 0.1) is 17.2 Å². The number of benzene rings is 1. The van der Waals surface area contributed by atoms with E-state index in [2.05, 4.69) is 19.8 Å². The number of fused-ring (bicyclic) bond motifs is 1. The monoisotopic (exact) mass is 653 g/mol. The van der Waals surface area contributed by atoms with Gasteiger partial charge in [0.25, 0.3) is 0 Å². The normalized spacial score (nSPS) is 35.0. The molecule has 8 aliphatic rings. The van der Waals surface area contributed by atoms with Gasteiger partial charge in [-0.15, -0.1) is 0 Å². The van der Waals surface area contributed by atoms with E-state index in [1.807, 2.05) is 0 Å². The van der Waals surface area contributed by atoms with Crippen molar-refractivity contribution in [1.82, 2.24) is 19.9 Å². The van der Waals surface area contributed by atoms with E-state index in [9.17, 15) is 14.6 Å². The van der Waals surface area contributed by atoms with Gasteiger partial charge >= 0.3 is 6.01 Å². The van der Waals surface area contributed by atoms with Crippen LogP contribution in [0.15, 0.2) is 18.3 Å². The number of pyridine rings is 1. The number of nitrogens with zero attached hydrogens (tertiary/aromatic N) is 5. The van der Waals surface area contributed by atoms with Gasteiger partial charge in [0.2, 0.25) is 0 Å². The van der Waals surface area contributed by atoms with Gasteiger partial charge in [-0.3, -0.25) is 9.88 Å². The van der Waals surface area contributed by atoms with E-state index < -0.39 is 23.1 Å². The molecule has 2 aliphatic carbocycles. The number of aromatic hydroxyl groups is 1. The topological polar surface area (TPSA) is 104 Å². The Morgan fingerprint density at radius 3 is 2.87 bits per heavy atom. The fraction of sp³-hybridized carbons (Fsp3) is 0.618. The number of aromatic nitrogens is 3. The smallest absolute Gasteiger partial charge is 0.319 e. The number of anilines is 1. The minimum absolute atomic E-state index is 0.00240. The minimum atomic E-state index is -0.899. The van der Waals surface area contributed by atoms with Crippen LogP contribution < -0.4 is 9.64 Å². The van der Waals surface area contributed by atoms with E-state index in [1.165, 1.54) is 12.1 Å². The van der Waals surface area contributed by atoms with Crippen LogP contribution in [0.5, 0.6) is 11.8 Å². The summed E-state index contributed by atoms with van der Waals surface area (Å²) >= 11 is 6.72. The summed E-state index contributed by atoms with van der Waals surface area (Å²) < 4.78 is 43.8. The molecule has 1 unspecified atom stereocenters. The summed E-state index contributed by atoms with van der Waals surface area (Å²) in [5.74, 6) is -0.0179. The highest BCUT2D eigenvalue weighted by molar-refractivity contribution is 6.32. The fourth-order valence-electron chi connectivity index (χ4n) is 9.65. The fourth-order valence-corrected chi connectivity index (χ4v) is 10.0. The Morgan fingerprint density at radius 2 is 2.00 bits per heavy atom. The van der Waals surface area contributed by atoms with Gasteiger partial charge in [0.05, 0.1) is 29.7 Å². The summed E-state index contributed by atoms with van der Waals surface area (Å²) in [6.45, 7) is 3.57. The molecule has 0 amide bonds. The number of piperidine rings is 1. The summed E-state index contributed by atoms with van der Waals surface area (Å²) in [4.78, 5) is 18.5. The van der Waals surface area contributed by atoms with Crippen molar-refractivity contribution in [3.63, 3.8) is 0 Å². The summed E-state index contributed by atoms with van der Waals surface area (Å²) in [6, 6.07) is 3.04. The Hall–Kier alpha value is -2.86. The quantitative estimate of drug-likeness (QED) is 0.385. The molecule has 11 rings (SSSR count). The first-order valence-electron chi connectivity index (χ1n) is 16.6. The molecule has 2 N–H and O–H groups in total. The first-order valence-corrected chi connectivity index (χ1v) is 17.0. The molecule has 1 aromatic carbocycles. The highest BCUT2D eigenvalue weighted by Gasteiger charge is 2.56. The Balaban J connectivity index is 1.18. The van der Waals surface area contributed by atoms with Crippen molar-refractivity contribution in [3.05, 3.63) is 34.7 Å². The molecule has 8 heterocycles. The van der Waals surface area contributed by atoms with E-state index in [0.29, 0.717) is 67.3 Å². The first kappa shape index (κ1) is 29.3. The van der Waals surface area contributed by atoms with Crippen molar-refractivity contribution < 1.29 is 28.5 Å². The second-order valence-corrected chi connectivity index (χ2v) is 15.4. The second kappa shape index (κ2) is 10.3. The van der Waals surface area contributed by atoms with Gasteiger partial charge in [0, 0.05) is 42.8 Å². The highest BCUT2D eigenvalue weighted by Crippen LogP contribution is 2.56. The second-order valence-electron chi connectivity index (χ2n) is 15.0. The third kappa shape index (κ3) is 4.67. The van der Waals surface area contributed by atoms with E-state index in [1.54, 1.807) is 6.20 Å². The number of alkyl halides is 1. The standard InChI is InChI=1S/C34H38ClF2N5O4/c35-25-9-21(43)8-23-26(25)22-7-19(22)13-45-18-34(44)14-32(15-34)3-1-5-41(16-32)30-24-11-38-28(23)27(37)29(24)39-31(40-30)46-17-33-4-2-6-42(33)12-20(36)10-33/h8-9,11,19-20,22,43-44H,1-7,10,12-18H2/t19-,20-,22-,32?,33?,34?/m1/s1. The van der Waals surface area contributed by atoms with Crippen LogP contribution in [-0.2, 0) is 4.74 Å². The Kier molecular flexibility index (Phi) is 6.57. The molecule has 2 aromatic heterocycles. The predicted molar refractivity (Wildman–Crippen MR) is 168 cm³/mol. The number of hydrogen-bond donors (Lipinski definition) is 2. The predicted octanol–water partition coefficient (Wildman–Crippen LogP) is 5.39. The summed E-state index contributed by atoms with van der Waals surface area (Å²) in [5, 5.41) is 22.7. The molecule has 5 fully saturated rings.